The third kappa shape index (κ3) is 7.95. The summed E-state index contributed by atoms with van der Waals surface area (Å²) in [6.07, 6.45) is 0.177. The first kappa shape index (κ1) is 13.9. The molecule has 1 unspecified atom stereocenters. The molecule has 0 saturated carbocycles. The van der Waals surface area contributed by atoms with Gasteiger partial charge in [-0.3, -0.25) is 19.7 Å². The molecular weight excluding hydrogens is 220 g/mol. The fourth-order valence-corrected chi connectivity index (χ4v) is 1.60. The summed E-state index contributed by atoms with van der Waals surface area (Å²) in [6.45, 7) is 1.26. The van der Waals surface area contributed by atoms with Crippen LogP contribution in [-0.4, -0.2) is 40.4 Å². The van der Waals surface area contributed by atoms with Crippen LogP contribution < -0.4 is 11.1 Å². The van der Waals surface area contributed by atoms with Gasteiger partial charge in [0.25, 0.3) is 0 Å². The van der Waals surface area contributed by atoms with E-state index in [0.29, 0.717) is 5.75 Å². The Morgan fingerprint density at radius 2 is 2.07 bits per heavy atom. The number of carbonyl (C=O) groups is 3. The van der Waals surface area contributed by atoms with Gasteiger partial charge in [-0.25, -0.2) is 0 Å². The van der Waals surface area contributed by atoms with Crippen LogP contribution >= 0.6 is 11.8 Å². The van der Waals surface area contributed by atoms with E-state index < -0.39 is 17.9 Å². The molecule has 0 aromatic heterocycles. The van der Waals surface area contributed by atoms with Crippen molar-refractivity contribution in [3.63, 3.8) is 0 Å². The predicted molar refractivity (Wildman–Crippen MR) is 56.4 cm³/mol. The molecule has 0 aliphatic rings. The Balaban J connectivity index is 3.50. The molecule has 0 saturated heterocycles. The first-order chi connectivity index (χ1) is 6.93. The van der Waals surface area contributed by atoms with Crippen LogP contribution in [0.4, 0.5) is 0 Å². The van der Waals surface area contributed by atoms with E-state index in [-0.39, 0.29) is 18.1 Å². The number of amides is 2. The number of nitrogens with two attached hydrogens (primary N) is 1. The minimum Gasteiger partial charge on any atom is -0.480 e. The third-order valence-electron chi connectivity index (χ3n) is 1.40. The summed E-state index contributed by atoms with van der Waals surface area (Å²) in [5.41, 5.74) is 5.24. The minimum atomic E-state index is -1.06. The van der Waals surface area contributed by atoms with Gasteiger partial charge in [-0.2, -0.15) is 11.8 Å². The Labute approximate surface area is 91.6 Å². The molecule has 0 bridgehead atoms. The molecule has 0 aromatic rings. The average Bonchev–Trinajstić information content (AvgIpc) is 2.10. The molecule has 15 heavy (non-hydrogen) atoms. The fourth-order valence-electron chi connectivity index (χ4n) is 0.705. The third-order valence-corrected chi connectivity index (χ3v) is 2.49. The molecule has 1 atom stereocenters. The molecule has 0 aromatic carbocycles. The maximum Gasteiger partial charge on any atom is 0.321 e. The maximum atomic E-state index is 10.9. The fraction of sp³-hybridized carbons (Fsp3) is 0.625. The summed E-state index contributed by atoms with van der Waals surface area (Å²) in [5, 5.41) is 10.6. The number of carboxylic acids is 1. The van der Waals surface area contributed by atoms with Gasteiger partial charge in [0.2, 0.25) is 11.8 Å². The van der Waals surface area contributed by atoms with E-state index in [1.807, 2.05) is 0 Å². The van der Waals surface area contributed by atoms with E-state index in [9.17, 15) is 14.4 Å². The van der Waals surface area contributed by atoms with Crippen molar-refractivity contribution in [2.45, 2.75) is 19.4 Å². The van der Waals surface area contributed by atoms with Crippen molar-refractivity contribution >= 4 is 29.5 Å². The first-order valence-corrected chi connectivity index (χ1v) is 5.45. The molecule has 0 radical (unpaired) electrons. The lowest BCUT2D eigenvalue weighted by atomic mass is 10.4. The van der Waals surface area contributed by atoms with Crippen molar-refractivity contribution in [1.29, 1.82) is 0 Å². The topological polar surface area (TPSA) is 109 Å². The van der Waals surface area contributed by atoms with E-state index in [4.69, 9.17) is 10.8 Å². The highest BCUT2D eigenvalue weighted by Crippen LogP contribution is 2.03. The van der Waals surface area contributed by atoms with Crippen molar-refractivity contribution in [2.75, 3.05) is 11.5 Å². The van der Waals surface area contributed by atoms with Crippen LogP contribution in [0.5, 0.6) is 0 Å². The zero-order valence-electron chi connectivity index (χ0n) is 8.36. The quantitative estimate of drug-likeness (QED) is 0.518. The van der Waals surface area contributed by atoms with Crippen LogP contribution in [0.2, 0.25) is 0 Å². The minimum absolute atomic E-state index is 0.177. The Morgan fingerprint density at radius 1 is 1.47 bits per heavy atom. The van der Waals surface area contributed by atoms with Gasteiger partial charge in [-0.05, 0) is 0 Å². The zero-order valence-corrected chi connectivity index (χ0v) is 9.17. The highest BCUT2D eigenvalue weighted by atomic mass is 32.2. The van der Waals surface area contributed by atoms with Gasteiger partial charge < -0.3 is 10.8 Å². The normalized spacial score (nSPS) is 11.9. The van der Waals surface area contributed by atoms with Gasteiger partial charge in [0.15, 0.2) is 0 Å². The van der Waals surface area contributed by atoms with E-state index >= 15 is 0 Å². The van der Waals surface area contributed by atoms with E-state index in [1.54, 1.807) is 0 Å². The summed E-state index contributed by atoms with van der Waals surface area (Å²) in [6, 6.07) is -0.911. The van der Waals surface area contributed by atoms with Crippen LogP contribution in [0.15, 0.2) is 0 Å². The summed E-state index contributed by atoms with van der Waals surface area (Å²) in [4.78, 5) is 31.7. The average molecular weight is 234 g/mol. The molecule has 0 fully saturated rings. The van der Waals surface area contributed by atoms with Crippen molar-refractivity contribution in [2.24, 2.45) is 5.73 Å². The molecule has 4 N–H and O–H groups in total. The van der Waals surface area contributed by atoms with Gasteiger partial charge in [0.1, 0.15) is 6.04 Å². The van der Waals surface area contributed by atoms with Gasteiger partial charge in [-0.15, -0.1) is 0 Å². The number of imide groups is 1. The van der Waals surface area contributed by atoms with E-state index in [2.05, 4.69) is 5.32 Å². The van der Waals surface area contributed by atoms with Crippen molar-refractivity contribution < 1.29 is 19.5 Å². The second-order valence-corrected chi connectivity index (χ2v) is 4.02. The summed E-state index contributed by atoms with van der Waals surface area (Å²) < 4.78 is 0. The Hall–Kier alpha value is -1.08. The predicted octanol–water partition coefficient (Wildman–Crippen LogP) is -0.816. The number of hydrogen-bond acceptors (Lipinski definition) is 5. The van der Waals surface area contributed by atoms with Crippen molar-refractivity contribution in [3.8, 4) is 0 Å². The molecular formula is C8H14N2O4S. The van der Waals surface area contributed by atoms with Gasteiger partial charge in [0, 0.05) is 24.9 Å². The lowest BCUT2D eigenvalue weighted by molar-refractivity contribution is -0.138. The smallest absolute Gasteiger partial charge is 0.321 e. The molecule has 2 amide bonds. The van der Waals surface area contributed by atoms with Crippen LogP contribution in [-0.2, 0) is 14.4 Å². The molecule has 0 aliphatic heterocycles. The number of thioether (sulfide) groups is 1. The molecule has 86 valence electrons. The Morgan fingerprint density at radius 3 is 2.53 bits per heavy atom. The first-order valence-electron chi connectivity index (χ1n) is 4.30. The zero-order chi connectivity index (χ0) is 11.8. The SMILES string of the molecule is CC(=O)NC(=O)CCSCC(N)C(=O)O. The van der Waals surface area contributed by atoms with Crippen LogP contribution in [0.25, 0.3) is 0 Å². The molecule has 6 nitrogen and oxygen atoms in total. The molecule has 0 aliphatic carbocycles. The number of carbonyl (C=O) groups excluding carboxylic acids is 2. The van der Waals surface area contributed by atoms with Crippen molar-refractivity contribution in [1.82, 2.24) is 5.32 Å². The number of aliphatic carboxylic acids is 1. The molecule has 0 spiro atoms. The summed E-state index contributed by atoms with van der Waals surface area (Å²) in [5.74, 6) is -1.12. The molecule has 0 rings (SSSR count). The largest absolute Gasteiger partial charge is 0.480 e. The second kappa shape index (κ2) is 7.24. The van der Waals surface area contributed by atoms with E-state index in [1.165, 1.54) is 18.7 Å². The Bertz CT molecular complexity index is 257. The lowest BCUT2D eigenvalue weighted by Crippen LogP contribution is -2.33. The lowest BCUT2D eigenvalue weighted by Gasteiger charge is -2.05. The highest BCUT2D eigenvalue weighted by molar-refractivity contribution is 7.99. The monoisotopic (exact) mass is 234 g/mol. The van der Waals surface area contributed by atoms with Gasteiger partial charge in [-0.1, -0.05) is 0 Å². The van der Waals surface area contributed by atoms with Crippen molar-refractivity contribution in [3.05, 3.63) is 0 Å². The summed E-state index contributed by atoms with van der Waals surface area (Å²) in [7, 11) is 0. The highest BCUT2D eigenvalue weighted by Gasteiger charge is 2.11. The number of carboxylic acid groups (broad SMARTS) is 1. The standard InChI is InChI=1S/C8H14N2O4S/c1-5(11)10-7(12)2-3-15-4-6(9)8(13)14/h6H,2-4,9H2,1H3,(H,13,14)(H,10,11,12). The summed E-state index contributed by atoms with van der Waals surface area (Å²) >= 11 is 1.27. The van der Waals surface area contributed by atoms with Crippen LogP contribution in [0, 0.1) is 0 Å². The second-order valence-electron chi connectivity index (χ2n) is 2.87. The maximum absolute atomic E-state index is 10.9. The van der Waals surface area contributed by atoms with Gasteiger partial charge in [0.05, 0.1) is 0 Å². The number of hydrogen-bond donors (Lipinski definition) is 3. The number of rotatable bonds is 6. The van der Waals surface area contributed by atoms with Crippen LogP contribution in [0.1, 0.15) is 13.3 Å². The number of nitrogens with one attached hydrogen (secondary N) is 1. The molecule has 0 heterocycles. The molecule has 7 heteroatoms. The Kier molecular flexibility index (Phi) is 6.72. The van der Waals surface area contributed by atoms with Crippen LogP contribution in [0.3, 0.4) is 0 Å². The van der Waals surface area contributed by atoms with E-state index in [0.717, 1.165) is 0 Å². The van der Waals surface area contributed by atoms with Gasteiger partial charge >= 0.3 is 5.97 Å².